The monoisotopic (exact) mass is 336 g/mol. The summed E-state index contributed by atoms with van der Waals surface area (Å²) < 4.78 is 0. The number of nitrogens with one attached hydrogen (secondary N) is 1. The van der Waals surface area contributed by atoms with Gasteiger partial charge in [-0.1, -0.05) is 42.0 Å². The molecule has 3 nitrogen and oxygen atoms in total. The van der Waals surface area contributed by atoms with Gasteiger partial charge in [0.25, 0.3) is 5.91 Å². The second kappa shape index (κ2) is 6.97. The Morgan fingerprint density at radius 2 is 1.88 bits per heavy atom. The first-order valence-corrected chi connectivity index (χ1v) is 8.73. The second-order valence-corrected chi connectivity index (χ2v) is 6.98. The fourth-order valence-corrected chi connectivity index (χ4v) is 3.66. The number of hydrogen-bond donors (Lipinski definition) is 1. The second-order valence-electron chi connectivity index (χ2n) is 5.89. The van der Waals surface area contributed by atoms with Crippen molar-refractivity contribution in [2.45, 2.75) is 27.3 Å². The van der Waals surface area contributed by atoms with Crippen molar-refractivity contribution in [2.24, 2.45) is 0 Å². The minimum atomic E-state index is -0.0519. The first kappa shape index (κ1) is 16.4. The zero-order valence-corrected chi connectivity index (χ0v) is 14.9. The minimum absolute atomic E-state index is 0.0519. The van der Waals surface area contributed by atoms with Crippen LogP contribution in [0.25, 0.3) is 10.6 Å². The lowest BCUT2D eigenvalue weighted by Crippen LogP contribution is -2.22. The molecule has 1 heterocycles. The smallest absolute Gasteiger partial charge is 0.251 e. The number of rotatable bonds is 4. The van der Waals surface area contributed by atoms with Crippen LogP contribution in [-0.4, -0.2) is 10.9 Å². The fraction of sp³-hybridized carbons (Fsp3) is 0.200. The highest BCUT2D eigenvalue weighted by Crippen LogP contribution is 2.30. The number of benzene rings is 2. The van der Waals surface area contributed by atoms with Gasteiger partial charge in [-0.2, -0.15) is 0 Å². The van der Waals surface area contributed by atoms with Gasteiger partial charge in [0.15, 0.2) is 0 Å². The van der Waals surface area contributed by atoms with Gasteiger partial charge in [0.05, 0.1) is 12.2 Å². The third-order valence-electron chi connectivity index (χ3n) is 3.96. The molecule has 0 aliphatic heterocycles. The molecule has 1 aromatic heterocycles. The van der Waals surface area contributed by atoms with Crippen LogP contribution in [0.1, 0.15) is 32.1 Å². The van der Waals surface area contributed by atoms with Crippen molar-refractivity contribution in [3.05, 3.63) is 75.8 Å². The third kappa shape index (κ3) is 3.54. The van der Waals surface area contributed by atoms with E-state index in [2.05, 4.69) is 29.4 Å². The van der Waals surface area contributed by atoms with Gasteiger partial charge >= 0.3 is 0 Å². The van der Waals surface area contributed by atoms with Gasteiger partial charge in [-0.15, -0.1) is 11.3 Å². The number of aryl methyl sites for hydroxylation is 3. The Labute approximate surface area is 146 Å². The van der Waals surface area contributed by atoms with E-state index >= 15 is 0 Å². The maximum atomic E-state index is 12.3. The molecule has 1 N–H and O–H groups in total. The molecule has 0 aliphatic rings. The summed E-state index contributed by atoms with van der Waals surface area (Å²) in [6, 6.07) is 15.8. The highest BCUT2D eigenvalue weighted by atomic mass is 32.1. The predicted octanol–water partition coefficient (Wildman–Crippen LogP) is 4.67. The summed E-state index contributed by atoms with van der Waals surface area (Å²) in [6.45, 7) is 6.57. The van der Waals surface area contributed by atoms with Crippen LogP contribution in [0.3, 0.4) is 0 Å². The summed E-state index contributed by atoms with van der Waals surface area (Å²) >= 11 is 1.64. The van der Waals surface area contributed by atoms with Crippen molar-refractivity contribution < 1.29 is 4.79 Å². The topological polar surface area (TPSA) is 42.0 Å². The van der Waals surface area contributed by atoms with Crippen LogP contribution in [-0.2, 0) is 6.54 Å². The molecule has 0 unspecified atom stereocenters. The lowest BCUT2D eigenvalue weighted by molar-refractivity contribution is 0.0951. The SMILES string of the molecule is Cc1cccc(C(=O)NCc2sc(-c3ccccc3C)nc2C)c1. The molecule has 2 aromatic carbocycles. The third-order valence-corrected chi connectivity index (χ3v) is 5.15. The first-order valence-electron chi connectivity index (χ1n) is 7.92. The molecule has 0 bridgehead atoms. The number of thiazole rings is 1. The Morgan fingerprint density at radius 1 is 1.08 bits per heavy atom. The summed E-state index contributed by atoms with van der Waals surface area (Å²) in [5, 5.41) is 4.00. The maximum absolute atomic E-state index is 12.3. The van der Waals surface area contributed by atoms with E-state index in [1.807, 2.05) is 50.2 Å². The van der Waals surface area contributed by atoms with Crippen molar-refractivity contribution in [3.8, 4) is 10.6 Å². The normalized spacial score (nSPS) is 10.6. The maximum Gasteiger partial charge on any atom is 0.251 e. The van der Waals surface area contributed by atoms with Crippen molar-refractivity contribution in [1.29, 1.82) is 0 Å². The molecule has 0 atom stereocenters. The Balaban J connectivity index is 1.75. The molecule has 1 amide bonds. The van der Waals surface area contributed by atoms with Gasteiger partial charge in [-0.25, -0.2) is 4.98 Å². The Morgan fingerprint density at radius 3 is 2.62 bits per heavy atom. The highest BCUT2D eigenvalue weighted by molar-refractivity contribution is 7.15. The summed E-state index contributed by atoms with van der Waals surface area (Å²) in [7, 11) is 0. The van der Waals surface area contributed by atoms with E-state index in [0.717, 1.165) is 26.7 Å². The molecule has 0 spiro atoms. The van der Waals surface area contributed by atoms with Gasteiger partial charge in [-0.3, -0.25) is 4.79 Å². The van der Waals surface area contributed by atoms with Crippen molar-refractivity contribution >= 4 is 17.2 Å². The average molecular weight is 336 g/mol. The number of nitrogens with zero attached hydrogens (tertiary/aromatic N) is 1. The molecule has 0 aliphatic carbocycles. The van der Waals surface area contributed by atoms with Crippen molar-refractivity contribution in [1.82, 2.24) is 10.3 Å². The molecule has 24 heavy (non-hydrogen) atoms. The van der Waals surface area contributed by atoms with E-state index in [9.17, 15) is 4.79 Å². The molecule has 0 radical (unpaired) electrons. The van der Waals surface area contributed by atoms with E-state index in [1.54, 1.807) is 11.3 Å². The van der Waals surface area contributed by atoms with E-state index in [0.29, 0.717) is 12.1 Å². The summed E-state index contributed by atoms with van der Waals surface area (Å²) in [4.78, 5) is 18.1. The van der Waals surface area contributed by atoms with Crippen LogP contribution in [0.4, 0.5) is 0 Å². The van der Waals surface area contributed by atoms with Gasteiger partial charge < -0.3 is 5.32 Å². The fourth-order valence-electron chi connectivity index (χ4n) is 2.57. The number of hydrogen-bond acceptors (Lipinski definition) is 3. The molecule has 0 saturated heterocycles. The van der Waals surface area contributed by atoms with Crippen LogP contribution in [0, 0.1) is 20.8 Å². The van der Waals surface area contributed by atoms with Gasteiger partial charge in [0.1, 0.15) is 5.01 Å². The van der Waals surface area contributed by atoms with Gasteiger partial charge in [0, 0.05) is 16.0 Å². The van der Waals surface area contributed by atoms with Gasteiger partial charge in [0.2, 0.25) is 0 Å². The molecule has 0 fully saturated rings. The Hall–Kier alpha value is -2.46. The van der Waals surface area contributed by atoms with Crippen LogP contribution in [0.2, 0.25) is 0 Å². The van der Waals surface area contributed by atoms with E-state index in [-0.39, 0.29) is 5.91 Å². The van der Waals surface area contributed by atoms with Crippen molar-refractivity contribution in [2.75, 3.05) is 0 Å². The number of aromatic nitrogens is 1. The van der Waals surface area contributed by atoms with Crippen LogP contribution >= 0.6 is 11.3 Å². The number of carbonyl (C=O) groups is 1. The van der Waals surface area contributed by atoms with E-state index in [1.165, 1.54) is 5.56 Å². The molecular weight excluding hydrogens is 316 g/mol. The van der Waals surface area contributed by atoms with Crippen LogP contribution in [0.5, 0.6) is 0 Å². The standard InChI is InChI=1S/C20H20N2OS/c1-13-7-6-9-16(11-13)19(23)21-12-18-15(3)22-20(24-18)17-10-5-4-8-14(17)2/h4-11H,12H2,1-3H3,(H,21,23). The zero-order chi connectivity index (χ0) is 17.1. The first-order chi connectivity index (χ1) is 11.5. The van der Waals surface area contributed by atoms with Crippen LogP contribution in [0.15, 0.2) is 48.5 Å². The zero-order valence-electron chi connectivity index (χ0n) is 14.1. The number of amides is 1. The van der Waals surface area contributed by atoms with Crippen LogP contribution < -0.4 is 5.32 Å². The molecule has 0 saturated carbocycles. The number of carbonyl (C=O) groups excluding carboxylic acids is 1. The molecule has 3 aromatic rings. The predicted molar refractivity (Wildman–Crippen MR) is 99.4 cm³/mol. The van der Waals surface area contributed by atoms with E-state index in [4.69, 9.17) is 0 Å². The average Bonchev–Trinajstić information content (AvgIpc) is 2.93. The van der Waals surface area contributed by atoms with Gasteiger partial charge in [-0.05, 0) is 38.5 Å². The summed E-state index contributed by atoms with van der Waals surface area (Å²) in [6.07, 6.45) is 0. The quantitative estimate of drug-likeness (QED) is 0.752. The lowest BCUT2D eigenvalue weighted by Gasteiger charge is -2.05. The molecular formula is C20H20N2OS. The van der Waals surface area contributed by atoms with Crippen molar-refractivity contribution in [3.63, 3.8) is 0 Å². The van der Waals surface area contributed by atoms with E-state index < -0.39 is 0 Å². The summed E-state index contributed by atoms with van der Waals surface area (Å²) in [5.41, 5.74) is 5.11. The Bertz CT molecular complexity index is 883. The molecule has 3 rings (SSSR count). The molecule has 122 valence electrons. The Kier molecular flexibility index (Phi) is 4.76. The highest BCUT2D eigenvalue weighted by Gasteiger charge is 2.12. The lowest BCUT2D eigenvalue weighted by atomic mass is 10.1. The minimum Gasteiger partial charge on any atom is -0.347 e. The summed E-state index contributed by atoms with van der Waals surface area (Å²) in [5.74, 6) is -0.0519. The largest absolute Gasteiger partial charge is 0.347 e. The molecule has 4 heteroatoms.